The maximum Gasteiger partial charge on any atom is 0.103 e. The third-order valence-corrected chi connectivity index (χ3v) is 3.29. The van der Waals surface area contributed by atoms with Crippen LogP contribution >= 0.6 is 15.9 Å². The SMILES string of the molecule is Cc1cc(N=C(N)C2CC2)ccc1Br. The van der Waals surface area contributed by atoms with Gasteiger partial charge in [-0.05, 0) is 43.5 Å². The molecule has 0 aromatic heterocycles. The van der Waals surface area contributed by atoms with Crippen molar-refractivity contribution < 1.29 is 0 Å². The van der Waals surface area contributed by atoms with Crippen LogP contribution in [0.3, 0.4) is 0 Å². The zero-order chi connectivity index (χ0) is 10.1. The maximum absolute atomic E-state index is 5.84. The van der Waals surface area contributed by atoms with Gasteiger partial charge in [0, 0.05) is 10.4 Å². The first-order chi connectivity index (χ1) is 6.66. The molecule has 2 nitrogen and oxygen atoms in total. The topological polar surface area (TPSA) is 38.4 Å². The van der Waals surface area contributed by atoms with Gasteiger partial charge in [-0.2, -0.15) is 0 Å². The summed E-state index contributed by atoms with van der Waals surface area (Å²) in [7, 11) is 0. The molecule has 1 aromatic rings. The minimum Gasteiger partial charge on any atom is -0.387 e. The van der Waals surface area contributed by atoms with Gasteiger partial charge >= 0.3 is 0 Å². The highest BCUT2D eigenvalue weighted by atomic mass is 79.9. The molecule has 74 valence electrons. The van der Waals surface area contributed by atoms with Crippen LogP contribution < -0.4 is 5.73 Å². The van der Waals surface area contributed by atoms with Crippen molar-refractivity contribution in [3.63, 3.8) is 0 Å². The molecular weight excluding hydrogens is 240 g/mol. The number of nitrogens with zero attached hydrogens (tertiary/aromatic N) is 1. The first kappa shape index (κ1) is 9.71. The van der Waals surface area contributed by atoms with E-state index in [1.54, 1.807) is 0 Å². The Hall–Kier alpha value is -0.830. The molecule has 0 bridgehead atoms. The van der Waals surface area contributed by atoms with E-state index >= 15 is 0 Å². The summed E-state index contributed by atoms with van der Waals surface area (Å²) in [5.74, 6) is 1.32. The molecule has 0 aliphatic heterocycles. The van der Waals surface area contributed by atoms with Crippen molar-refractivity contribution in [3.05, 3.63) is 28.2 Å². The van der Waals surface area contributed by atoms with Crippen LogP contribution in [0.15, 0.2) is 27.7 Å². The molecule has 1 aliphatic carbocycles. The van der Waals surface area contributed by atoms with Crippen LogP contribution in [0, 0.1) is 12.8 Å². The first-order valence-electron chi connectivity index (χ1n) is 4.77. The van der Waals surface area contributed by atoms with Crippen LogP contribution in [-0.4, -0.2) is 5.84 Å². The van der Waals surface area contributed by atoms with Gasteiger partial charge in [-0.25, -0.2) is 4.99 Å². The summed E-state index contributed by atoms with van der Waals surface area (Å²) >= 11 is 3.46. The number of aryl methyl sites for hydroxylation is 1. The predicted molar refractivity (Wildman–Crippen MR) is 62.9 cm³/mol. The van der Waals surface area contributed by atoms with E-state index in [1.807, 2.05) is 18.2 Å². The van der Waals surface area contributed by atoms with Crippen molar-refractivity contribution in [2.45, 2.75) is 19.8 Å². The number of halogens is 1. The summed E-state index contributed by atoms with van der Waals surface area (Å²) in [6.45, 7) is 2.05. The summed E-state index contributed by atoms with van der Waals surface area (Å²) in [6.07, 6.45) is 2.40. The standard InChI is InChI=1S/C11H13BrN2/c1-7-6-9(4-5-10(7)12)14-11(13)8-2-3-8/h4-6,8H,2-3H2,1H3,(H2,13,14). The molecule has 0 spiro atoms. The molecule has 1 fully saturated rings. The highest BCUT2D eigenvalue weighted by Crippen LogP contribution is 2.30. The van der Waals surface area contributed by atoms with Gasteiger partial charge in [0.2, 0.25) is 0 Å². The second kappa shape index (κ2) is 3.73. The van der Waals surface area contributed by atoms with E-state index in [2.05, 4.69) is 27.8 Å². The van der Waals surface area contributed by atoms with Gasteiger partial charge < -0.3 is 5.73 Å². The lowest BCUT2D eigenvalue weighted by molar-refractivity contribution is 1.15. The van der Waals surface area contributed by atoms with Gasteiger partial charge in [-0.1, -0.05) is 15.9 Å². The highest BCUT2D eigenvalue weighted by molar-refractivity contribution is 9.10. The molecule has 3 heteroatoms. The number of amidine groups is 1. The van der Waals surface area contributed by atoms with Gasteiger partial charge in [0.15, 0.2) is 0 Å². The average molecular weight is 253 g/mol. The van der Waals surface area contributed by atoms with E-state index < -0.39 is 0 Å². The second-order valence-electron chi connectivity index (χ2n) is 3.74. The Kier molecular flexibility index (Phi) is 2.59. The molecule has 2 N–H and O–H groups in total. The van der Waals surface area contributed by atoms with Crippen molar-refractivity contribution in [1.82, 2.24) is 0 Å². The van der Waals surface area contributed by atoms with Crippen molar-refractivity contribution in [1.29, 1.82) is 0 Å². The molecule has 1 aliphatic rings. The summed E-state index contributed by atoms with van der Waals surface area (Å²) in [4.78, 5) is 4.40. The Morgan fingerprint density at radius 2 is 2.21 bits per heavy atom. The van der Waals surface area contributed by atoms with Crippen LogP contribution in [0.2, 0.25) is 0 Å². The van der Waals surface area contributed by atoms with E-state index in [1.165, 1.54) is 18.4 Å². The molecule has 14 heavy (non-hydrogen) atoms. The van der Waals surface area contributed by atoms with Crippen LogP contribution in [0.4, 0.5) is 5.69 Å². The summed E-state index contributed by atoms with van der Waals surface area (Å²) in [5, 5.41) is 0. The zero-order valence-corrected chi connectivity index (χ0v) is 9.71. The largest absolute Gasteiger partial charge is 0.387 e. The van der Waals surface area contributed by atoms with Crippen molar-refractivity contribution >= 4 is 27.5 Å². The van der Waals surface area contributed by atoms with E-state index in [0.717, 1.165) is 16.0 Å². The minimum atomic E-state index is 0.541. The number of benzene rings is 1. The smallest absolute Gasteiger partial charge is 0.103 e. The molecule has 0 unspecified atom stereocenters. The molecule has 0 heterocycles. The zero-order valence-electron chi connectivity index (χ0n) is 8.13. The van der Waals surface area contributed by atoms with E-state index in [9.17, 15) is 0 Å². The van der Waals surface area contributed by atoms with Gasteiger partial charge in [-0.3, -0.25) is 0 Å². The van der Waals surface area contributed by atoms with Crippen LogP contribution in [-0.2, 0) is 0 Å². The van der Waals surface area contributed by atoms with E-state index in [4.69, 9.17) is 5.73 Å². The maximum atomic E-state index is 5.84. The van der Waals surface area contributed by atoms with Gasteiger partial charge in [0.05, 0.1) is 5.69 Å². The number of hydrogen-bond acceptors (Lipinski definition) is 1. The Balaban J connectivity index is 2.24. The number of aliphatic imine (C=N–C) groups is 1. The molecular formula is C11H13BrN2. The summed E-state index contributed by atoms with van der Waals surface area (Å²) in [5.41, 5.74) is 7.98. The normalized spacial score (nSPS) is 17.1. The number of hydrogen-bond donors (Lipinski definition) is 1. The van der Waals surface area contributed by atoms with Gasteiger partial charge in [0.1, 0.15) is 5.84 Å². The summed E-state index contributed by atoms with van der Waals surface area (Å²) in [6, 6.07) is 6.03. The van der Waals surface area contributed by atoms with Crippen molar-refractivity contribution in [2.75, 3.05) is 0 Å². The average Bonchev–Trinajstić information content (AvgIpc) is 2.94. The van der Waals surface area contributed by atoms with Crippen molar-refractivity contribution in [2.24, 2.45) is 16.6 Å². The van der Waals surface area contributed by atoms with E-state index in [0.29, 0.717) is 5.92 Å². The Morgan fingerprint density at radius 3 is 2.79 bits per heavy atom. The number of nitrogens with two attached hydrogens (primary N) is 1. The predicted octanol–water partition coefficient (Wildman–Crippen LogP) is 3.16. The Bertz CT molecular complexity index is 381. The van der Waals surface area contributed by atoms with Gasteiger partial charge in [-0.15, -0.1) is 0 Å². The van der Waals surface area contributed by atoms with Gasteiger partial charge in [0.25, 0.3) is 0 Å². The fourth-order valence-corrected chi connectivity index (χ4v) is 1.56. The quantitative estimate of drug-likeness (QED) is 0.638. The molecule has 1 saturated carbocycles. The van der Waals surface area contributed by atoms with Crippen LogP contribution in [0.1, 0.15) is 18.4 Å². The summed E-state index contributed by atoms with van der Waals surface area (Å²) < 4.78 is 1.11. The lowest BCUT2D eigenvalue weighted by Crippen LogP contribution is -2.12. The molecule has 0 atom stereocenters. The fraction of sp³-hybridized carbons (Fsp3) is 0.364. The molecule has 0 radical (unpaired) electrons. The lowest BCUT2D eigenvalue weighted by atomic mass is 10.2. The lowest BCUT2D eigenvalue weighted by Gasteiger charge is -2.01. The first-order valence-corrected chi connectivity index (χ1v) is 5.56. The third-order valence-electron chi connectivity index (χ3n) is 2.40. The minimum absolute atomic E-state index is 0.541. The Labute approximate surface area is 92.4 Å². The second-order valence-corrected chi connectivity index (χ2v) is 4.60. The molecule has 1 aromatic carbocycles. The molecule has 0 amide bonds. The van der Waals surface area contributed by atoms with Crippen LogP contribution in [0.25, 0.3) is 0 Å². The Morgan fingerprint density at radius 1 is 1.50 bits per heavy atom. The number of rotatable bonds is 2. The molecule has 0 saturated heterocycles. The van der Waals surface area contributed by atoms with E-state index in [-0.39, 0.29) is 0 Å². The van der Waals surface area contributed by atoms with Crippen LogP contribution in [0.5, 0.6) is 0 Å². The monoisotopic (exact) mass is 252 g/mol. The molecule has 2 rings (SSSR count). The van der Waals surface area contributed by atoms with Crippen molar-refractivity contribution in [3.8, 4) is 0 Å². The third kappa shape index (κ3) is 2.15. The highest BCUT2D eigenvalue weighted by Gasteiger charge is 2.25. The fourth-order valence-electron chi connectivity index (χ4n) is 1.32.